The van der Waals surface area contributed by atoms with E-state index in [1.165, 1.54) is 0 Å². The van der Waals surface area contributed by atoms with Crippen LogP contribution in [0.4, 0.5) is 30.7 Å². The van der Waals surface area contributed by atoms with Gasteiger partial charge in [-0.25, -0.2) is 8.78 Å². The zero-order valence-corrected chi connectivity index (χ0v) is 10.9. The molecular formula is C9H3BrClF7O. The molecule has 1 atom stereocenters. The largest absolute Gasteiger partial charge is 0.439 e. The summed E-state index contributed by atoms with van der Waals surface area (Å²) in [5.41, 5.74) is 0. The lowest BCUT2D eigenvalue weighted by Gasteiger charge is -2.23. The Kier molecular flexibility index (Phi) is 4.61. The Labute approximate surface area is 115 Å². The highest BCUT2D eigenvalue weighted by Gasteiger charge is 2.59. The second-order valence-electron chi connectivity index (χ2n) is 3.27. The average molecular weight is 375 g/mol. The molecule has 0 saturated carbocycles. The molecule has 0 heterocycles. The van der Waals surface area contributed by atoms with Crippen LogP contribution in [0.3, 0.4) is 0 Å². The Balaban J connectivity index is 3.09. The summed E-state index contributed by atoms with van der Waals surface area (Å²) in [5, 5.41) is -0.735. The van der Waals surface area contributed by atoms with Crippen molar-refractivity contribution in [1.29, 1.82) is 0 Å². The van der Waals surface area contributed by atoms with Crippen LogP contribution in [-0.2, 0) is 0 Å². The standard InChI is InChI=1S/C9H3BrClF7O/c10-3-1-4(11)6(5(12)2-3)19-9(17,18)7(13)8(14,15)16/h1-2,7H/t7-/m1/s1. The third-order valence-electron chi connectivity index (χ3n) is 1.78. The molecule has 0 spiro atoms. The normalized spacial score (nSPS) is 14.4. The molecule has 0 saturated heterocycles. The number of rotatable bonds is 3. The van der Waals surface area contributed by atoms with E-state index >= 15 is 0 Å². The molecule has 0 aromatic heterocycles. The Bertz CT molecular complexity index is 453. The fourth-order valence-corrected chi connectivity index (χ4v) is 1.81. The van der Waals surface area contributed by atoms with E-state index < -0.39 is 35.0 Å². The van der Waals surface area contributed by atoms with Crippen molar-refractivity contribution in [2.24, 2.45) is 0 Å². The van der Waals surface area contributed by atoms with Crippen LogP contribution in [0.1, 0.15) is 0 Å². The van der Waals surface area contributed by atoms with Crippen LogP contribution in [-0.4, -0.2) is 18.5 Å². The highest BCUT2D eigenvalue weighted by molar-refractivity contribution is 9.10. The van der Waals surface area contributed by atoms with Crippen molar-refractivity contribution in [1.82, 2.24) is 0 Å². The highest BCUT2D eigenvalue weighted by Crippen LogP contribution is 2.40. The zero-order valence-electron chi connectivity index (χ0n) is 8.54. The van der Waals surface area contributed by atoms with Crippen molar-refractivity contribution >= 4 is 27.5 Å². The first-order chi connectivity index (χ1) is 8.45. The second kappa shape index (κ2) is 5.35. The summed E-state index contributed by atoms with van der Waals surface area (Å²) >= 11 is 8.09. The van der Waals surface area contributed by atoms with Gasteiger partial charge in [-0.1, -0.05) is 27.5 Å². The molecule has 0 unspecified atom stereocenters. The van der Waals surface area contributed by atoms with Crippen molar-refractivity contribution in [3.05, 3.63) is 27.4 Å². The molecule has 1 aromatic carbocycles. The third kappa shape index (κ3) is 3.88. The minimum atomic E-state index is -5.86. The van der Waals surface area contributed by atoms with E-state index in [0.29, 0.717) is 6.07 Å². The molecule has 0 radical (unpaired) electrons. The van der Waals surface area contributed by atoms with Crippen molar-refractivity contribution in [3.8, 4) is 5.75 Å². The highest BCUT2D eigenvalue weighted by atomic mass is 79.9. The molecule has 0 bridgehead atoms. The fourth-order valence-electron chi connectivity index (χ4n) is 1.00. The molecule has 0 fully saturated rings. The molecule has 0 aliphatic rings. The molecule has 0 amide bonds. The summed E-state index contributed by atoms with van der Waals surface area (Å²) in [6.45, 7) is 0. The quantitative estimate of drug-likeness (QED) is 0.667. The minimum Gasteiger partial charge on any atom is -0.425 e. The average Bonchev–Trinajstić information content (AvgIpc) is 2.21. The van der Waals surface area contributed by atoms with Crippen LogP contribution >= 0.6 is 27.5 Å². The lowest BCUT2D eigenvalue weighted by molar-refractivity contribution is -0.305. The van der Waals surface area contributed by atoms with Crippen molar-refractivity contribution in [3.63, 3.8) is 0 Å². The van der Waals surface area contributed by atoms with Crippen LogP contribution in [0, 0.1) is 5.82 Å². The summed E-state index contributed by atoms with van der Waals surface area (Å²) in [6, 6.07) is 1.52. The first-order valence-electron chi connectivity index (χ1n) is 4.37. The number of hydrogen-bond donors (Lipinski definition) is 0. The van der Waals surface area contributed by atoms with Gasteiger partial charge in [-0.2, -0.15) is 22.0 Å². The maximum Gasteiger partial charge on any atom is 0.439 e. The van der Waals surface area contributed by atoms with Crippen LogP contribution in [0.2, 0.25) is 5.02 Å². The minimum absolute atomic E-state index is 0.0401. The molecule has 19 heavy (non-hydrogen) atoms. The number of hydrogen-bond acceptors (Lipinski definition) is 1. The van der Waals surface area contributed by atoms with Gasteiger partial charge >= 0.3 is 12.3 Å². The van der Waals surface area contributed by atoms with Gasteiger partial charge in [0, 0.05) is 4.47 Å². The predicted octanol–water partition coefficient (Wildman–Crippen LogP) is 5.11. The molecular weight excluding hydrogens is 372 g/mol. The molecule has 108 valence electrons. The lowest BCUT2D eigenvalue weighted by Crippen LogP contribution is -2.45. The SMILES string of the molecule is Fc1cc(Br)cc(Cl)c1OC(F)(F)[C@H](F)C(F)(F)F. The molecule has 0 N–H and O–H groups in total. The number of halogens is 9. The van der Waals surface area contributed by atoms with Gasteiger partial charge in [0.05, 0.1) is 5.02 Å². The molecule has 0 aliphatic heterocycles. The second-order valence-corrected chi connectivity index (χ2v) is 4.59. The van der Waals surface area contributed by atoms with E-state index in [2.05, 4.69) is 20.7 Å². The van der Waals surface area contributed by atoms with Gasteiger partial charge in [0.1, 0.15) is 0 Å². The molecule has 1 rings (SSSR count). The Hall–Kier alpha value is -0.700. The van der Waals surface area contributed by atoms with Crippen molar-refractivity contribution < 1.29 is 35.5 Å². The molecule has 10 heteroatoms. The number of ether oxygens (including phenoxy) is 1. The van der Waals surface area contributed by atoms with E-state index in [-0.39, 0.29) is 4.47 Å². The van der Waals surface area contributed by atoms with Crippen LogP contribution < -0.4 is 4.74 Å². The van der Waals surface area contributed by atoms with E-state index in [1.807, 2.05) is 0 Å². The maximum atomic E-state index is 13.2. The summed E-state index contributed by atoms with van der Waals surface area (Å²) in [6.07, 6.45) is -15.8. The summed E-state index contributed by atoms with van der Waals surface area (Å²) in [5.74, 6) is -2.84. The maximum absolute atomic E-state index is 13.2. The Morgan fingerprint density at radius 3 is 2.11 bits per heavy atom. The smallest absolute Gasteiger partial charge is 0.425 e. The van der Waals surface area contributed by atoms with Crippen LogP contribution in [0.15, 0.2) is 16.6 Å². The number of alkyl halides is 6. The molecule has 0 aliphatic carbocycles. The van der Waals surface area contributed by atoms with Gasteiger partial charge in [0.25, 0.3) is 6.17 Å². The van der Waals surface area contributed by atoms with Gasteiger partial charge in [-0.15, -0.1) is 0 Å². The zero-order chi connectivity index (χ0) is 15.0. The van der Waals surface area contributed by atoms with Crippen molar-refractivity contribution in [2.45, 2.75) is 18.5 Å². The van der Waals surface area contributed by atoms with Gasteiger partial charge in [0.2, 0.25) is 0 Å². The van der Waals surface area contributed by atoms with Crippen LogP contribution in [0.25, 0.3) is 0 Å². The van der Waals surface area contributed by atoms with E-state index in [9.17, 15) is 30.7 Å². The summed E-state index contributed by atoms with van der Waals surface area (Å²) < 4.78 is 90.6. The summed E-state index contributed by atoms with van der Waals surface area (Å²) in [4.78, 5) is 0. The van der Waals surface area contributed by atoms with Gasteiger partial charge in [-0.3, -0.25) is 0 Å². The topological polar surface area (TPSA) is 9.23 Å². The Morgan fingerprint density at radius 1 is 1.16 bits per heavy atom. The fraction of sp³-hybridized carbons (Fsp3) is 0.333. The van der Waals surface area contributed by atoms with E-state index in [0.717, 1.165) is 6.07 Å². The van der Waals surface area contributed by atoms with Gasteiger partial charge in [-0.05, 0) is 12.1 Å². The number of benzene rings is 1. The molecule has 1 aromatic rings. The van der Waals surface area contributed by atoms with Gasteiger partial charge < -0.3 is 4.74 Å². The van der Waals surface area contributed by atoms with E-state index in [1.54, 1.807) is 0 Å². The summed E-state index contributed by atoms with van der Waals surface area (Å²) in [7, 11) is 0. The lowest BCUT2D eigenvalue weighted by atomic mass is 10.3. The first-order valence-corrected chi connectivity index (χ1v) is 5.54. The first kappa shape index (κ1) is 16.4. The van der Waals surface area contributed by atoms with E-state index in [4.69, 9.17) is 11.6 Å². The monoisotopic (exact) mass is 374 g/mol. The van der Waals surface area contributed by atoms with Crippen LogP contribution in [0.5, 0.6) is 5.75 Å². The third-order valence-corrected chi connectivity index (χ3v) is 2.52. The van der Waals surface area contributed by atoms with Gasteiger partial charge in [0.15, 0.2) is 11.6 Å². The molecule has 1 nitrogen and oxygen atoms in total. The predicted molar refractivity (Wildman–Crippen MR) is 55.6 cm³/mol. The van der Waals surface area contributed by atoms with Crippen molar-refractivity contribution in [2.75, 3.05) is 0 Å². The Morgan fingerprint density at radius 2 is 1.68 bits per heavy atom.